The Labute approximate surface area is 122 Å². The van der Waals surface area contributed by atoms with Gasteiger partial charge in [-0.15, -0.1) is 0 Å². The lowest BCUT2D eigenvalue weighted by Crippen LogP contribution is -2.02. The van der Waals surface area contributed by atoms with E-state index in [-0.39, 0.29) is 0 Å². The van der Waals surface area contributed by atoms with Gasteiger partial charge >= 0.3 is 0 Å². The van der Waals surface area contributed by atoms with E-state index >= 15 is 0 Å². The summed E-state index contributed by atoms with van der Waals surface area (Å²) in [5.74, 6) is 0. The van der Waals surface area contributed by atoms with Gasteiger partial charge in [-0.3, -0.25) is 4.68 Å². The van der Waals surface area contributed by atoms with Crippen molar-refractivity contribution in [2.75, 3.05) is 5.32 Å². The zero-order valence-electron chi connectivity index (χ0n) is 13.0. The number of anilines is 1. The molecule has 0 aliphatic heterocycles. The molecule has 0 amide bonds. The van der Waals surface area contributed by atoms with E-state index in [1.165, 1.54) is 41.8 Å². The smallest absolute Gasteiger partial charge is 0.0646 e. The van der Waals surface area contributed by atoms with Crippen molar-refractivity contribution in [1.29, 1.82) is 0 Å². The Balaban J connectivity index is 1.97. The van der Waals surface area contributed by atoms with E-state index < -0.39 is 0 Å². The van der Waals surface area contributed by atoms with Crippen molar-refractivity contribution >= 4 is 5.69 Å². The average Bonchev–Trinajstić information content (AvgIpc) is 2.69. The number of benzene rings is 1. The summed E-state index contributed by atoms with van der Waals surface area (Å²) in [6.07, 6.45) is 3.69. The molecular formula is C17H25N3. The van der Waals surface area contributed by atoms with Crippen LogP contribution in [-0.2, 0) is 20.0 Å². The monoisotopic (exact) mass is 271 g/mol. The quantitative estimate of drug-likeness (QED) is 0.861. The van der Waals surface area contributed by atoms with Gasteiger partial charge in [0, 0.05) is 30.5 Å². The second kappa shape index (κ2) is 6.60. The molecule has 0 saturated carbocycles. The second-order valence-corrected chi connectivity index (χ2v) is 5.43. The molecule has 0 aliphatic carbocycles. The van der Waals surface area contributed by atoms with Crippen LogP contribution < -0.4 is 5.32 Å². The van der Waals surface area contributed by atoms with Crippen molar-refractivity contribution in [2.45, 2.75) is 46.6 Å². The molecule has 0 spiro atoms. The molecule has 1 N–H and O–H groups in total. The summed E-state index contributed by atoms with van der Waals surface area (Å²) in [5, 5.41) is 7.93. The van der Waals surface area contributed by atoms with Crippen LogP contribution in [0.1, 0.15) is 42.3 Å². The van der Waals surface area contributed by atoms with Crippen molar-refractivity contribution in [3.8, 4) is 0 Å². The van der Waals surface area contributed by atoms with E-state index in [0.29, 0.717) is 0 Å². The molecule has 0 radical (unpaired) electrons. The van der Waals surface area contributed by atoms with Crippen LogP contribution in [0.3, 0.4) is 0 Å². The predicted octanol–water partition coefficient (Wildman–Crippen LogP) is 3.99. The molecule has 2 rings (SSSR count). The van der Waals surface area contributed by atoms with Crippen molar-refractivity contribution in [3.05, 3.63) is 46.8 Å². The summed E-state index contributed by atoms with van der Waals surface area (Å²) in [6, 6.07) is 8.79. The molecule has 1 heterocycles. The fourth-order valence-corrected chi connectivity index (χ4v) is 2.43. The van der Waals surface area contributed by atoms with Crippen molar-refractivity contribution in [2.24, 2.45) is 7.05 Å². The highest BCUT2D eigenvalue weighted by Gasteiger charge is 2.08. The van der Waals surface area contributed by atoms with Crippen LogP contribution in [0.5, 0.6) is 0 Å². The van der Waals surface area contributed by atoms with Gasteiger partial charge in [0.2, 0.25) is 0 Å². The third-order valence-electron chi connectivity index (χ3n) is 3.90. The van der Waals surface area contributed by atoms with Crippen LogP contribution in [0.25, 0.3) is 0 Å². The van der Waals surface area contributed by atoms with Gasteiger partial charge < -0.3 is 5.32 Å². The minimum absolute atomic E-state index is 0.833. The molecule has 0 aliphatic rings. The maximum absolute atomic E-state index is 4.45. The van der Waals surface area contributed by atoms with E-state index in [1.807, 2.05) is 11.7 Å². The van der Waals surface area contributed by atoms with Gasteiger partial charge in [-0.2, -0.15) is 5.10 Å². The average molecular weight is 271 g/mol. The first-order chi connectivity index (χ1) is 9.61. The van der Waals surface area contributed by atoms with Crippen LogP contribution >= 0.6 is 0 Å². The molecule has 3 nitrogen and oxygen atoms in total. The predicted molar refractivity (Wildman–Crippen MR) is 85.1 cm³/mol. The Morgan fingerprint density at radius 3 is 2.40 bits per heavy atom. The first kappa shape index (κ1) is 14.6. The third kappa shape index (κ3) is 3.41. The summed E-state index contributed by atoms with van der Waals surface area (Å²) < 4.78 is 1.94. The van der Waals surface area contributed by atoms with Crippen LogP contribution in [0.2, 0.25) is 0 Å². The Bertz CT molecular complexity index is 552. The number of unbranched alkanes of at least 4 members (excludes halogenated alkanes) is 1. The molecule has 0 unspecified atom stereocenters. The zero-order chi connectivity index (χ0) is 14.5. The van der Waals surface area contributed by atoms with Gasteiger partial charge in [-0.1, -0.05) is 25.5 Å². The molecule has 3 heteroatoms. The van der Waals surface area contributed by atoms with Gasteiger partial charge in [0.05, 0.1) is 5.69 Å². The van der Waals surface area contributed by atoms with Crippen LogP contribution in [0.15, 0.2) is 24.3 Å². The summed E-state index contributed by atoms with van der Waals surface area (Å²) in [4.78, 5) is 0. The molecule has 0 fully saturated rings. The third-order valence-corrected chi connectivity index (χ3v) is 3.90. The standard InChI is InChI=1S/C17H25N3/c1-5-6-7-15-8-10-16(11-9-15)18-12-17-13(2)19-20(4)14(17)3/h8-11,18H,5-7,12H2,1-4H3. The largest absolute Gasteiger partial charge is 0.381 e. The lowest BCUT2D eigenvalue weighted by atomic mass is 10.1. The van der Waals surface area contributed by atoms with Crippen molar-refractivity contribution in [1.82, 2.24) is 9.78 Å². The molecule has 20 heavy (non-hydrogen) atoms. The highest BCUT2D eigenvalue weighted by molar-refractivity contribution is 5.45. The van der Waals surface area contributed by atoms with Crippen molar-refractivity contribution < 1.29 is 0 Å². The normalized spacial score (nSPS) is 10.8. The van der Waals surface area contributed by atoms with Crippen LogP contribution in [-0.4, -0.2) is 9.78 Å². The first-order valence-electron chi connectivity index (χ1n) is 7.43. The van der Waals surface area contributed by atoms with Crippen LogP contribution in [0, 0.1) is 13.8 Å². The van der Waals surface area contributed by atoms with Gasteiger partial charge in [0.25, 0.3) is 0 Å². The molecule has 108 valence electrons. The van der Waals surface area contributed by atoms with E-state index in [9.17, 15) is 0 Å². The number of nitrogens with zero attached hydrogens (tertiary/aromatic N) is 2. The minimum atomic E-state index is 0.833. The molecule has 2 aromatic rings. The van der Waals surface area contributed by atoms with E-state index in [1.54, 1.807) is 0 Å². The summed E-state index contributed by atoms with van der Waals surface area (Å²) >= 11 is 0. The molecule has 1 aromatic carbocycles. The Morgan fingerprint density at radius 1 is 1.15 bits per heavy atom. The first-order valence-corrected chi connectivity index (χ1v) is 7.43. The number of nitrogens with one attached hydrogen (secondary N) is 1. The van der Waals surface area contributed by atoms with Gasteiger partial charge in [0.1, 0.15) is 0 Å². The molecule has 0 bridgehead atoms. The number of aromatic nitrogens is 2. The SMILES string of the molecule is CCCCc1ccc(NCc2c(C)nn(C)c2C)cc1. The maximum Gasteiger partial charge on any atom is 0.0646 e. The van der Waals surface area contributed by atoms with Gasteiger partial charge in [0.15, 0.2) is 0 Å². The topological polar surface area (TPSA) is 29.9 Å². The Hall–Kier alpha value is -1.77. The number of rotatable bonds is 6. The van der Waals surface area contributed by atoms with Crippen molar-refractivity contribution in [3.63, 3.8) is 0 Å². The summed E-state index contributed by atoms with van der Waals surface area (Å²) in [5.41, 5.74) is 6.23. The number of hydrogen-bond acceptors (Lipinski definition) is 2. The zero-order valence-corrected chi connectivity index (χ0v) is 13.0. The lowest BCUT2D eigenvalue weighted by Gasteiger charge is -2.08. The fraction of sp³-hybridized carbons (Fsp3) is 0.471. The summed E-state index contributed by atoms with van der Waals surface area (Å²) in [7, 11) is 1.99. The summed E-state index contributed by atoms with van der Waals surface area (Å²) in [6.45, 7) is 7.25. The van der Waals surface area contributed by atoms with Gasteiger partial charge in [-0.25, -0.2) is 0 Å². The molecule has 0 saturated heterocycles. The lowest BCUT2D eigenvalue weighted by molar-refractivity contribution is 0.730. The number of hydrogen-bond donors (Lipinski definition) is 1. The number of aryl methyl sites for hydroxylation is 3. The fourth-order valence-electron chi connectivity index (χ4n) is 2.43. The highest BCUT2D eigenvalue weighted by atomic mass is 15.3. The van der Waals surface area contributed by atoms with Crippen LogP contribution in [0.4, 0.5) is 5.69 Å². The van der Waals surface area contributed by atoms with E-state index in [0.717, 1.165) is 12.2 Å². The highest BCUT2D eigenvalue weighted by Crippen LogP contribution is 2.16. The molecule has 1 aromatic heterocycles. The molecule has 0 atom stereocenters. The van der Waals surface area contributed by atoms with Gasteiger partial charge in [-0.05, 0) is 44.4 Å². The Morgan fingerprint density at radius 2 is 1.85 bits per heavy atom. The van der Waals surface area contributed by atoms with E-state index in [4.69, 9.17) is 0 Å². The second-order valence-electron chi connectivity index (χ2n) is 5.43. The Kier molecular flexibility index (Phi) is 4.83. The maximum atomic E-state index is 4.45. The van der Waals surface area contributed by atoms with E-state index in [2.05, 4.69) is 55.5 Å². The minimum Gasteiger partial charge on any atom is -0.381 e. The molecular weight excluding hydrogens is 246 g/mol.